The van der Waals surface area contributed by atoms with E-state index < -0.39 is 10.0 Å². The Bertz CT molecular complexity index is 694. The van der Waals surface area contributed by atoms with Crippen LogP contribution in [0.2, 0.25) is 5.02 Å². The maximum absolute atomic E-state index is 11.9. The highest BCUT2D eigenvalue weighted by atomic mass is 79.9. The van der Waals surface area contributed by atoms with Crippen molar-refractivity contribution in [3.8, 4) is 0 Å². The largest absolute Gasteiger partial charge is 0.282 e. The van der Waals surface area contributed by atoms with Gasteiger partial charge in [0.05, 0.1) is 4.90 Å². The van der Waals surface area contributed by atoms with Crippen LogP contribution in [0.4, 0.5) is 0 Å². The van der Waals surface area contributed by atoms with Gasteiger partial charge in [-0.05, 0) is 42.0 Å². The summed E-state index contributed by atoms with van der Waals surface area (Å²) in [5, 5.41) is 0.482. The van der Waals surface area contributed by atoms with Crippen LogP contribution in [-0.4, -0.2) is 14.6 Å². The quantitative estimate of drug-likeness (QED) is 0.781. The summed E-state index contributed by atoms with van der Waals surface area (Å²) in [5.41, 5.74) is 0.709. The van der Waals surface area contributed by atoms with E-state index in [9.17, 15) is 8.42 Å². The fraction of sp³-hybridized carbons (Fsp3) is 0. The lowest BCUT2D eigenvalue weighted by molar-refractivity contribution is 0.598. The molecule has 2 aromatic rings. The van der Waals surface area contributed by atoms with Crippen LogP contribution >= 0.6 is 27.5 Å². The zero-order valence-electron chi connectivity index (χ0n) is 9.62. The molecule has 0 spiro atoms. The fourth-order valence-electron chi connectivity index (χ4n) is 1.35. The summed E-state index contributed by atoms with van der Waals surface area (Å²) in [6.07, 6.45) is 1.32. The van der Waals surface area contributed by atoms with E-state index in [0.29, 0.717) is 10.6 Å². The molecule has 6 heteroatoms. The van der Waals surface area contributed by atoms with Gasteiger partial charge in [0.1, 0.15) is 0 Å². The highest BCUT2D eigenvalue weighted by Gasteiger charge is 2.10. The molecule has 0 saturated heterocycles. The van der Waals surface area contributed by atoms with E-state index in [1.165, 1.54) is 30.5 Å². The molecule has 0 atom stereocenters. The highest BCUT2D eigenvalue weighted by Crippen LogP contribution is 2.16. The summed E-state index contributed by atoms with van der Waals surface area (Å²) >= 11 is 9.02. The summed E-state index contributed by atoms with van der Waals surface area (Å²) < 4.78 is 28.4. The van der Waals surface area contributed by atoms with Gasteiger partial charge in [0.2, 0.25) is 0 Å². The molecule has 0 heterocycles. The number of nitrogens with zero attached hydrogens (tertiary/aromatic N) is 1. The average Bonchev–Trinajstić information content (AvgIpc) is 2.39. The lowest BCUT2D eigenvalue weighted by atomic mass is 10.2. The van der Waals surface area contributed by atoms with Crippen molar-refractivity contribution >= 4 is 43.8 Å². The molecular formula is C13H9BrClNO2S. The van der Waals surface area contributed by atoms with Crippen LogP contribution in [0, 0.1) is 0 Å². The molecule has 0 unspecified atom stereocenters. The first kappa shape index (κ1) is 14.2. The van der Waals surface area contributed by atoms with Crippen molar-refractivity contribution in [1.29, 1.82) is 0 Å². The predicted molar refractivity (Wildman–Crippen MR) is 80.4 cm³/mol. The van der Waals surface area contributed by atoms with E-state index >= 15 is 0 Å². The van der Waals surface area contributed by atoms with Crippen molar-refractivity contribution < 1.29 is 8.42 Å². The Balaban J connectivity index is 2.26. The molecule has 0 aromatic heterocycles. The number of hydrogen-bond acceptors (Lipinski definition) is 2. The second-order valence-electron chi connectivity index (χ2n) is 3.72. The Morgan fingerprint density at radius 1 is 1.00 bits per heavy atom. The van der Waals surface area contributed by atoms with Crippen LogP contribution < -0.4 is 0 Å². The monoisotopic (exact) mass is 357 g/mol. The number of hydrogen-bond donors (Lipinski definition) is 0. The molecule has 0 fully saturated rings. The average molecular weight is 359 g/mol. The summed E-state index contributed by atoms with van der Waals surface area (Å²) in [7, 11) is -3.69. The van der Waals surface area contributed by atoms with E-state index in [4.69, 9.17) is 11.6 Å². The van der Waals surface area contributed by atoms with Gasteiger partial charge in [0.25, 0.3) is 10.0 Å². The molecular weight excluding hydrogens is 350 g/mol. The van der Waals surface area contributed by atoms with Gasteiger partial charge in [-0.1, -0.05) is 39.7 Å². The lowest BCUT2D eigenvalue weighted by Crippen LogP contribution is -1.97. The smallest absolute Gasteiger partial charge is 0.199 e. The van der Waals surface area contributed by atoms with Crippen LogP contribution in [0.3, 0.4) is 0 Å². The molecule has 0 aliphatic heterocycles. The molecule has 19 heavy (non-hydrogen) atoms. The molecule has 0 amide bonds. The molecule has 0 aliphatic carbocycles. The van der Waals surface area contributed by atoms with E-state index in [2.05, 4.69) is 20.3 Å². The Morgan fingerprint density at radius 3 is 2.16 bits per heavy atom. The molecule has 2 rings (SSSR count). The number of sulfonamides is 1. The molecule has 2 aromatic carbocycles. The molecule has 0 bridgehead atoms. The standard InChI is InChI=1S/C13H9BrClNO2S/c14-11-3-1-10(2-4-11)9-16-19(17,18)13-7-5-12(15)6-8-13/h1-9H/b16-9+. The topological polar surface area (TPSA) is 46.5 Å². The lowest BCUT2D eigenvalue weighted by Gasteiger charge is -1.98. The van der Waals surface area contributed by atoms with Crippen molar-refractivity contribution in [1.82, 2.24) is 0 Å². The molecule has 98 valence electrons. The molecule has 0 N–H and O–H groups in total. The third-order valence-electron chi connectivity index (χ3n) is 2.32. The van der Waals surface area contributed by atoms with Crippen molar-refractivity contribution in [3.05, 3.63) is 63.6 Å². The van der Waals surface area contributed by atoms with Crippen LogP contribution in [0.15, 0.2) is 62.3 Å². The van der Waals surface area contributed by atoms with Gasteiger partial charge in [-0.15, -0.1) is 0 Å². The highest BCUT2D eigenvalue weighted by molar-refractivity contribution is 9.10. The third-order valence-corrected chi connectivity index (χ3v) is 4.35. The van der Waals surface area contributed by atoms with E-state index in [-0.39, 0.29) is 4.90 Å². The zero-order chi connectivity index (χ0) is 13.9. The number of halogens is 2. The number of benzene rings is 2. The summed E-state index contributed by atoms with van der Waals surface area (Å²) in [5.74, 6) is 0. The minimum atomic E-state index is -3.69. The van der Waals surface area contributed by atoms with Crippen molar-refractivity contribution in [2.45, 2.75) is 4.90 Å². The Morgan fingerprint density at radius 2 is 1.58 bits per heavy atom. The molecule has 0 radical (unpaired) electrons. The van der Waals surface area contributed by atoms with Crippen LogP contribution in [0.5, 0.6) is 0 Å². The van der Waals surface area contributed by atoms with Crippen LogP contribution in [0.1, 0.15) is 5.56 Å². The van der Waals surface area contributed by atoms with Gasteiger partial charge in [0.15, 0.2) is 0 Å². The summed E-state index contributed by atoms with van der Waals surface area (Å²) in [6.45, 7) is 0. The van der Waals surface area contributed by atoms with Gasteiger partial charge in [-0.2, -0.15) is 12.8 Å². The third kappa shape index (κ3) is 3.89. The van der Waals surface area contributed by atoms with Gasteiger partial charge in [0, 0.05) is 15.7 Å². The number of rotatable bonds is 3. The first-order valence-electron chi connectivity index (χ1n) is 5.29. The van der Waals surface area contributed by atoms with Gasteiger partial charge >= 0.3 is 0 Å². The van der Waals surface area contributed by atoms with Crippen LogP contribution in [0.25, 0.3) is 0 Å². The maximum Gasteiger partial charge on any atom is 0.282 e. The van der Waals surface area contributed by atoms with E-state index in [1.807, 2.05) is 12.1 Å². The maximum atomic E-state index is 11.9. The van der Waals surface area contributed by atoms with Crippen molar-refractivity contribution in [2.75, 3.05) is 0 Å². The second kappa shape index (κ2) is 5.86. The predicted octanol–water partition coefficient (Wildman–Crippen LogP) is 3.91. The summed E-state index contributed by atoms with van der Waals surface area (Å²) in [4.78, 5) is 0.116. The van der Waals surface area contributed by atoms with Gasteiger partial charge in [-0.3, -0.25) is 0 Å². The minimum Gasteiger partial charge on any atom is -0.199 e. The summed E-state index contributed by atoms with van der Waals surface area (Å²) in [6, 6.07) is 13.1. The van der Waals surface area contributed by atoms with Gasteiger partial charge in [-0.25, -0.2) is 0 Å². The first-order chi connectivity index (χ1) is 8.97. The molecule has 3 nitrogen and oxygen atoms in total. The first-order valence-corrected chi connectivity index (χ1v) is 7.90. The Hall–Kier alpha value is -1.17. The van der Waals surface area contributed by atoms with E-state index in [0.717, 1.165) is 4.47 Å². The fourth-order valence-corrected chi connectivity index (χ4v) is 2.60. The molecule has 0 aliphatic rings. The van der Waals surface area contributed by atoms with Gasteiger partial charge < -0.3 is 0 Å². The SMILES string of the molecule is O=S(=O)(/N=C/c1ccc(Br)cc1)c1ccc(Cl)cc1. The Labute approximate surface area is 125 Å². The molecule has 0 saturated carbocycles. The Kier molecular flexibility index (Phi) is 4.39. The van der Waals surface area contributed by atoms with E-state index in [1.54, 1.807) is 12.1 Å². The second-order valence-corrected chi connectivity index (χ2v) is 6.70. The van der Waals surface area contributed by atoms with Crippen molar-refractivity contribution in [2.24, 2.45) is 4.40 Å². The zero-order valence-corrected chi connectivity index (χ0v) is 12.8. The normalized spacial score (nSPS) is 11.9. The minimum absolute atomic E-state index is 0.116. The van der Waals surface area contributed by atoms with Crippen LogP contribution in [-0.2, 0) is 10.0 Å². The van der Waals surface area contributed by atoms with Crippen molar-refractivity contribution in [3.63, 3.8) is 0 Å².